The zero-order valence-corrected chi connectivity index (χ0v) is 11.8. The predicted octanol–water partition coefficient (Wildman–Crippen LogP) is 4.09. The highest BCUT2D eigenvalue weighted by atomic mass is 16.5. The fraction of sp³-hybridized carbons (Fsp3) is 0.500. The molecule has 0 aliphatic heterocycles. The van der Waals surface area contributed by atoms with Gasteiger partial charge in [-0.1, -0.05) is 37.6 Å². The SMILES string of the molecule is C=C(C)CCOc1ccccc1C(CC)NCC. The van der Waals surface area contributed by atoms with Gasteiger partial charge in [-0.3, -0.25) is 0 Å². The lowest BCUT2D eigenvalue weighted by molar-refractivity contribution is 0.313. The second-order valence-electron chi connectivity index (χ2n) is 4.61. The molecule has 0 spiro atoms. The molecular formula is C16H25NO. The average molecular weight is 247 g/mol. The van der Waals surface area contributed by atoms with Crippen molar-refractivity contribution in [2.45, 2.75) is 39.7 Å². The lowest BCUT2D eigenvalue weighted by Gasteiger charge is -2.20. The van der Waals surface area contributed by atoms with E-state index in [2.05, 4.69) is 37.9 Å². The summed E-state index contributed by atoms with van der Waals surface area (Å²) in [6.45, 7) is 11.9. The molecule has 18 heavy (non-hydrogen) atoms. The molecule has 100 valence electrons. The Bertz CT molecular complexity index is 373. The average Bonchev–Trinajstić information content (AvgIpc) is 2.36. The minimum Gasteiger partial charge on any atom is -0.493 e. The van der Waals surface area contributed by atoms with Gasteiger partial charge in [0, 0.05) is 18.0 Å². The molecule has 1 aromatic rings. The van der Waals surface area contributed by atoms with Gasteiger partial charge >= 0.3 is 0 Å². The van der Waals surface area contributed by atoms with Gasteiger partial charge in [0.15, 0.2) is 0 Å². The van der Waals surface area contributed by atoms with Crippen molar-refractivity contribution in [1.29, 1.82) is 0 Å². The Morgan fingerprint density at radius 1 is 1.33 bits per heavy atom. The van der Waals surface area contributed by atoms with Gasteiger partial charge in [-0.15, -0.1) is 6.58 Å². The molecule has 2 heteroatoms. The molecule has 0 fully saturated rings. The molecule has 0 heterocycles. The molecule has 1 N–H and O–H groups in total. The highest BCUT2D eigenvalue weighted by Gasteiger charge is 2.12. The van der Waals surface area contributed by atoms with Crippen LogP contribution in [-0.2, 0) is 0 Å². The monoisotopic (exact) mass is 247 g/mol. The van der Waals surface area contributed by atoms with E-state index in [0.29, 0.717) is 12.6 Å². The summed E-state index contributed by atoms with van der Waals surface area (Å²) in [6, 6.07) is 8.66. The summed E-state index contributed by atoms with van der Waals surface area (Å²) in [5, 5.41) is 3.49. The zero-order chi connectivity index (χ0) is 13.4. The van der Waals surface area contributed by atoms with Gasteiger partial charge in [0.2, 0.25) is 0 Å². The maximum Gasteiger partial charge on any atom is 0.124 e. The van der Waals surface area contributed by atoms with Crippen LogP contribution in [0.1, 0.15) is 45.2 Å². The summed E-state index contributed by atoms with van der Waals surface area (Å²) in [5.74, 6) is 0.992. The Morgan fingerprint density at radius 2 is 2.06 bits per heavy atom. The molecule has 0 aliphatic rings. The maximum absolute atomic E-state index is 5.88. The second-order valence-corrected chi connectivity index (χ2v) is 4.61. The van der Waals surface area contributed by atoms with E-state index < -0.39 is 0 Å². The second kappa shape index (κ2) is 7.93. The van der Waals surface area contributed by atoms with E-state index in [1.54, 1.807) is 0 Å². The minimum absolute atomic E-state index is 0.371. The lowest BCUT2D eigenvalue weighted by Crippen LogP contribution is -2.20. The molecular weight excluding hydrogens is 222 g/mol. The Labute approximate surface area is 111 Å². The third-order valence-electron chi connectivity index (χ3n) is 2.94. The molecule has 1 unspecified atom stereocenters. The Morgan fingerprint density at radius 3 is 2.67 bits per heavy atom. The van der Waals surface area contributed by atoms with E-state index in [9.17, 15) is 0 Å². The van der Waals surface area contributed by atoms with Gasteiger partial charge < -0.3 is 10.1 Å². The molecule has 0 saturated carbocycles. The van der Waals surface area contributed by atoms with Crippen LogP contribution in [-0.4, -0.2) is 13.2 Å². The first-order valence-electron chi connectivity index (χ1n) is 6.78. The van der Waals surface area contributed by atoms with E-state index in [4.69, 9.17) is 4.74 Å². The number of hydrogen-bond acceptors (Lipinski definition) is 2. The van der Waals surface area contributed by atoms with Gasteiger partial charge in [0.1, 0.15) is 5.75 Å². The zero-order valence-electron chi connectivity index (χ0n) is 11.8. The molecule has 0 amide bonds. The van der Waals surface area contributed by atoms with Crippen molar-refractivity contribution in [2.24, 2.45) is 0 Å². The van der Waals surface area contributed by atoms with E-state index in [0.717, 1.165) is 30.7 Å². The molecule has 2 nitrogen and oxygen atoms in total. The summed E-state index contributed by atoms with van der Waals surface area (Å²) in [6.07, 6.45) is 1.97. The molecule has 1 aromatic carbocycles. The Kier molecular flexibility index (Phi) is 6.51. The molecule has 0 aliphatic carbocycles. The van der Waals surface area contributed by atoms with Crippen LogP contribution in [0.2, 0.25) is 0 Å². The van der Waals surface area contributed by atoms with Gasteiger partial charge in [0.05, 0.1) is 6.61 Å². The van der Waals surface area contributed by atoms with Crippen LogP contribution in [0.4, 0.5) is 0 Å². The predicted molar refractivity (Wildman–Crippen MR) is 78.1 cm³/mol. The number of benzene rings is 1. The van der Waals surface area contributed by atoms with Crippen LogP contribution in [0, 0.1) is 0 Å². The van der Waals surface area contributed by atoms with E-state index in [1.165, 1.54) is 5.56 Å². The summed E-state index contributed by atoms with van der Waals surface area (Å²) in [4.78, 5) is 0. The molecule has 1 atom stereocenters. The molecule has 0 aromatic heterocycles. The third-order valence-corrected chi connectivity index (χ3v) is 2.94. The Hall–Kier alpha value is -1.28. The van der Waals surface area contributed by atoms with Crippen molar-refractivity contribution < 1.29 is 4.74 Å². The minimum atomic E-state index is 0.371. The number of nitrogens with one attached hydrogen (secondary N) is 1. The van der Waals surface area contributed by atoms with Crippen LogP contribution in [0.15, 0.2) is 36.4 Å². The van der Waals surface area contributed by atoms with E-state index in [1.807, 2.05) is 19.1 Å². The van der Waals surface area contributed by atoms with Crippen molar-refractivity contribution in [3.63, 3.8) is 0 Å². The Balaban J connectivity index is 2.74. The van der Waals surface area contributed by atoms with Crippen molar-refractivity contribution in [3.05, 3.63) is 42.0 Å². The van der Waals surface area contributed by atoms with Crippen molar-refractivity contribution in [3.8, 4) is 5.75 Å². The fourth-order valence-corrected chi connectivity index (χ4v) is 1.96. The summed E-state index contributed by atoms with van der Waals surface area (Å²) < 4.78 is 5.88. The topological polar surface area (TPSA) is 21.3 Å². The molecule has 1 rings (SSSR count). The molecule has 0 saturated heterocycles. The number of para-hydroxylation sites is 1. The third kappa shape index (κ3) is 4.53. The van der Waals surface area contributed by atoms with Crippen LogP contribution in [0.25, 0.3) is 0 Å². The van der Waals surface area contributed by atoms with E-state index >= 15 is 0 Å². The standard InChI is InChI=1S/C16H25NO/c1-5-15(17-6-2)14-9-7-8-10-16(14)18-12-11-13(3)4/h7-10,15,17H,3,5-6,11-12H2,1-2,4H3. The van der Waals surface area contributed by atoms with Crippen LogP contribution in [0.3, 0.4) is 0 Å². The largest absolute Gasteiger partial charge is 0.493 e. The summed E-state index contributed by atoms with van der Waals surface area (Å²) in [5.41, 5.74) is 2.41. The smallest absolute Gasteiger partial charge is 0.124 e. The van der Waals surface area contributed by atoms with Crippen LogP contribution < -0.4 is 10.1 Å². The maximum atomic E-state index is 5.88. The summed E-state index contributed by atoms with van der Waals surface area (Å²) >= 11 is 0. The number of hydrogen-bond donors (Lipinski definition) is 1. The van der Waals surface area contributed by atoms with Crippen molar-refractivity contribution >= 4 is 0 Å². The first kappa shape index (κ1) is 14.8. The normalized spacial score (nSPS) is 12.2. The summed E-state index contributed by atoms with van der Waals surface area (Å²) in [7, 11) is 0. The first-order chi connectivity index (χ1) is 8.69. The lowest BCUT2D eigenvalue weighted by atomic mass is 10.0. The van der Waals surface area contributed by atoms with Crippen LogP contribution >= 0.6 is 0 Å². The van der Waals surface area contributed by atoms with Gasteiger partial charge in [-0.2, -0.15) is 0 Å². The quantitative estimate of drug-likeness (QED) is 0.699. The fourth-order valence-electron chi connectivity index (χ4n) is 1.96. The van der Waals surface area contributed by atoms with E-state index in [-0.39, 0.29) is 0 Å². The highest BCUT2D eigenvalue weighted by Crippen LogP contribution is 2.27. The molecule has 0 radical (unpaired) electrons. The van der Waals surface area contributed by atoms with Crippen molar-refractivity contribution in [1.82, 2.24) is 5.32 Å². The van der Waals surface area contributed by atoms with Crippen molar-refractivity contribution in [2.75, 3.05) is 13.2 Å². The number of ether oxygens (including phenoxy) is 1. The molecule has 0 bridgehead atoms. The van der Waals surface area contributed by atoms with Crippen LogP contribution in [0.5, 0.6) is 5.75 Å². The first-order valence-corrected chi connectivity index (χ1v) is 6.78. The van der Waals surface area contributed by atoms with Gasteiger partial charge in [-0.25, -0.2) is 0 Å². The highest BCUT2D eigenvalue weighted by molar-refractivity contribution is 5.36. The number of rotatable bonds is 8. The van der Waals surface area contributed by atoms with Gasteiger partial charge in [-0.05, 0) is 26.0 Å². The van der Waals surface area contributed by atoms with Gasteiger partial charge in [0.25, 0.3) is 0 Å².